The van der Waals surface area contributed by atoms with E-state index in [1.54, 1.807) is 18.0 Å². The number of aromatic nitrogens is 2. The van der Waals surface area contributed by atoms with Crippen molar-refractivity contribution in [2.75, 3.05) is 7.11 Å². The van der Waals surface area contributed by atoms with E-state index in [-0.39, 0.29) is 5.91 Å². The number of aryl methyl sites for hydroxylation is 1. The average molecular weight is 335 g/mol. The minimum Gasteiger partial charge on any atom is -0.497 e. The van der Waals surface area contributed by atoms with E-state index in [4.69, 9.17) is 4.74 Å². The van der Waals surface area contributed by atoms with Gasteiger partial charge in [0.25, 0.3) is 0 Å². The van der Waals surface area contributed by atoms with Gasteiger partial charge in [0.05, 0.1) is 19.0 Å². The Morgan fingerprint density at radius 2 is 1.96 bits per heavy atom. The number of nitrogens with zero attached hydrogens (tertiary/aromatic N) is 2. The van der Waals surface area contributed by atoms with Crippen molar-refractivity contribution in [1.82, 2.24) is 15.1 Å². The summed E-state index contributed by atoms with van der Waals surface area (Å²) in [6, 6.07) is 17.7. The van der Waals surface area contributed by atoms with E-state index in [0.29, 0.717) is 19.4 Å². The van der Waals surface area contributed by atoms with Crippen molar-refractivity contribution in [3.8, 4) is 11.4 Å². The van der Waals surface area contributed by atoms with E-state index in [0.717, 1.165) is 22.6 Å². The lowest BCUT2D eigenvalue weighted by Gasteiger charge is -2.05. The second-order valence-electron chi connectivity index (χ2n) is 5.76. The van der Waals surface area contributed by atoms with E-state index in [1.807, 2.05) is 60.8 Å². The van der Waals surface area contributed by atoms with Crippen LogP contribution >= 0.6 is 0 Å². The fraction of sp³-hybridized carbons (Fsp3) is 0.200. The molecular weight excluding hydrogens is 314 g/mol. The lowest BCUT2D eigenvalue weighted by molar-refractivity contribution is -0.121. The van der Waals surface area contributed by atoms with Crippen molar-refractivity contribution in [3.05, 3.63) is 78.1 Å². The van der Waals surface area contributed by atoms with Crippen LogP contribution in [0.4, 0.5) is 0 Å². The third-order valence-corrected chi connectivity index (χ3v) is 3.92. The molecule has 1 amide bonds. The van der Waals surface area contributed by atoms with Crippen LogP contribution in [0.25, 0.3) is 5.69 Å². The van der Waals surface area contributed by atoms with Gasteiger partial charge in [-0.05, 0) is 36.2 Å². The Morgan fingerprint density at radius 1 is 1.12 bits per heavy atom. The van der Waals surface area contributed by atoms with Gasteiger partial charge in [0, 0.05) is 24.7 Å². The number of carbonyl (C=O) groups excluding carboxylic acids is 1. The number of hydrogen-bond acceptors (Lipinski definition) is 3. The molecule has 5 nitrogen and oxygen atoms in total. The van der Waals surface area contributed by atoms with Gasteiger partial charge >= 0.3 is 0 Å². The van der Waals surface area contributed by atoms with Crippen LogP contribution in [0.2, 0.25) is 0 Å². The highest BCUT2D eigenvalue weighted by atomic mass is 16.5. The normalized spacial score (nSPS) is 10.4. The molecule has 0 radical (unpaired) electrons. The zero-order valence-electron chi connectivity index (χ0n) is 14.2. The van der Waals surface area contributed by atoms with E-state index >= 15 is 0 Å². The molecule has 3 aromatic rings. The van der Waals surface area contributed by atoms with Crippen molar-refractivity contribution < 1.29 is 9.53 Å². The van der Waals surface area contributed by atoms with Crippen molar-refractivity contribution in [2.24, 2.45) is 0 Å². The summed E-state index contributed by atoms with van der Waals surface area (Å²) in [5.74, 6) is 0.835. The molecule has 1 N–H and O–H groups in total. The molecule has 0 spiro atoms. The van der Waals surface area contributed by atoms with Gasteiger partial charge in [0.1, 0.15) is 5.75 Å². The molecule has 0 aliphatic carbocycles. The number of hydrogen-bond donors (Lipinski definition) is 1. The monoisotopic (exact) mass is 335 g/mol. The molecular formula is C20H21N3O2. The fourth-order valence-corrected chi connectivity index (χ4v) is 2.55. The summed E-state index contributed by atoms with van der Waals surface area (Å²) in [6.45, 7) is 0.476. The topological polar surface area (TPSA) is 56.1 Å². The van der Waals surface area contributed by atoms with Gasteiger partial charge in [-0.2, -0.15) is 5.10 Å². The van der Waals surface area contributed by atoms with E-state index in [1.165, 1.54) is 0 Å². The molecule has 0 aliphatic rings. The van der Waals surface area contributed by atoms with Crippen LogP contribution in [0, 0.1) is 0 Å². The molecule has 0 fully saturated rings. The smallest absolute Gasteiger partial charge is 0.220 e. The highest BCUT2D eigenvalue weighted by Crippen LogP contribution is 2.14. The second-order valence-corrected chi connectivity index (χ2v) is 5.76. The summed E-state index contributed by atoms with van der Waals surface area (Å²) >= 11 is 0. The van der Waals surface area contributed by atoms with Crippen LogP contribution < -0.4 is 10.1 Å². The molecule has 3 rings (SSSR count). The first-order valence-corrected chi connectivity index (χ1v) is 8.23. The van der Waals surface area contributed by atoms with Crippen molar-refractivity contribution in [1.29, 1.82) is 0 Å². The van der Waals surface area contributed by atoms with Gasteiger partial charge in [-0.15, -0.1) is 0 Å². The summed E-state index contributed by atoms with van der Waals surface area (Å²) in [6.07, 6.45) is 4.83. The summed E-state index contributed by atoms with van der Waals surface area (Å²) in [7, 11) is 1.64. The van der Waals surface area contributed by atoms with Gasteiger partial charge in [-0.1, -0.05) is 30.3 Å². The van der Waals surface area contributed by atoms with Crippen LogP contribution in [0.3, 0.4) is 0 Å². The maximum atomic E-state index is 12.1. The standard InChI is InChI=1S/C20H21N3O2/c1-25-19-9-5-6-16(12-19)10-11-20(24)21-13-17-14-22-23(15-17)18-7-3-2-4-8-18/h2-9,12,14-15H,10-11,13H2,1H3,(H,21,24). The Hall–Kier alpha value is -3.08. The van der Waals surface area contributed by atoms with Gasteiger partial charge in [0.15, 0.2) is 0 Å². The van der Waals surface area contributed by atoms with Gasteiger partial charge in [0.2, 0.25) is 5.91 Å². The Kier molecular flexibility index (Phi) is 5.46. The summed E-state index contributed by atoms with van der Waals surface area (Å²) in [5.41, 5.74) is 3.06. The first-order valence-electron chi connectivity index (χ1n) is 8.23. The molecule has 0 atom stereocenters. The number of amides is 1. The lowest BCUT2D eigenvalue weighted by atomic mass is 10.1. The average Bonchev–Trinajstić information content (AvgIpc) is 3.15. The Bertz CT molecular complexity index is 828. The minimum atomic E-state index is 0.0234. The molecule has 0 saturated carbocycles. The van der Waals surface area contributed by atoms with Gasteiger partial charge < -0.3 is 10.1 Å². The number of ether oxygens (including phenoxy) is 1. The highest BCUT2D eigenvalue weighted by Gasteiger charge is 2.05. The first kappa shape index (κ1) is 16.8. The van der Waals surface area contributed by atoms with Crippen LogP contribution in [0.5, 0.6) is 5.75 Å². The molecule has 1 aromatic heterocycles. The highest BCUT2D eigenvalue weighted by molar-refractivity contribution is 5.76. The number of carbonyl (C=O) groups is 1. The van der Waals surface area contributed by atoms with E-state index in [9.17, 15) is 4.79 Å². The summed E-state index contributed by atoms with van der Waals surface area (Å²) in [5, 5.41) is 7.27. The van der Waals surface area contributed by atoms with Crippen LogP contribution in [0.1, 0.15) is 17.5 Å². The van der Waals surface area contributed by atoms with Crippen molar-refractivity contribution in [3.63, 3.8) is 0 Å². The Morgan fingerprint density at radius 3 is 2.76 bits per heavy atom. The predicted molar refractivity (Wildman–Crippen MR) is 96.7 cm³/mol. The molecule has 25 heavy (non-hydrogen) atoms. The maximum Gasteiger partial charge on any atom is 0.220 e. The van der Waals surface area contributed by atoms with Crippen molar-refractivity contribution >= 4 is 5.91 Å². The summed E-state index contributed by atoms with van der Waals surface area (Å²) < 4.78 is 7.00. The number of nitrogens with one attached hydrogen (secondary N) is 1. The predicted octanol–water partition coefficient (Wildman–Crippen LogP) is 3.13. The third-order valence-electron chi connectivity index (χ3n) is 3.92. The Balaban J connectivity index is 1.48. The second kappa shape index (κ2) is 8.15. The number of methoxy groups -OCH3 is 1. The quantitative estimate of drug-likeness (QED) is 0.722. The zero-order valence-corrected chi connectivity index (χ0v) is 14.2. The molecule has 0 aliphatic heterocycles. The van der Waals surface area contributed by atoms with Crippen LogP contribution in [-0.2, 0) is 17.8 Å². The zero-order chi connectivity index (χ0) is 17.5. The molecule has 0 bridgehead atoms. The number of para-hydroxylation sites is 1. The van der Waals surface area contributed by atoms with E-state index in [2.05, 4.69) is 10.4 Å². The third kappa shape index (κ3) is 4.70. The fourth-order valence-electron chi connectivity index (χ4n) is 2.55. The maximum absolute atomic E-state index is 12.1. The van der Waals surface area contributed by atoms with Gasteiger partial charge in [-0.25, -0.2) is 4.68 Å². The van der Waals surface area contributed by atoms with Crippen molar-refractivity contribution in [2.45, 2.75) is 19.4 Å². The first-order chi connectivity index (χ1) is 12.2. The van der Waals surface area contributed by atoms with Gasteiger partial charge in [-0.3, -0.25) is 4.79 Å². The Labute approximate surface area is 147 Å². The molecule has 0 unspecified atom stereocenters. The molecule has 2 aromatic carbocycles. The largest absolute Gasteiger partial charge is 0.497 e. The molecule has 0 saturated heterocycles. The van der Waals surface area contributed by atoms with Crippen LogP contribution in [-0.4, -0.2) is 22.8 Å². The molecule has 128 valence electrons. The number of rotatable bonds is 7. The van der Waals surface area contributed by atoms with Crippen LogP contribution in [0.15, 0.2) is 67.0 Å². The SMILES string of the molecule is COc1cccc(CCC(=O)NCc2cnn(-c3ccccc3)c2)c1. The summed E-state index contributed by atoms with van der Waals surface area (Å²) in [4.78, 5) is 12.1. The van der Waals surface area contributed by atoms with E-state index < -0.39 is 0 Å². The molecule has 1 heterocycles. The lowest BCUT2D eigenvalue weighted by Crippen LogP contribution is -2.22. The molecule has 5 heteroatoms. The minimum absolute atomic E-state index is 0.0234. The number of benzene rings is 2.